The van der Waals surface area contributed by atoms with Gasteiger partial charge in [-0.05, 0) is 49.3 Å². The Morgan fingerprint density at radius 2 is 2.00 bits per heavy atom. The van der Waals surface area contributed by atoms with Gasteiger partial charge in [0.15, 0.2) is 5.11 Å². The van der Waals surface area contributed by atoms with Crippen LogP contribution in [0.25, 0.3) is 0 Å². The topological polar surface area (TPSA) is 52.7 Å². The summed E-state index contributed by atoms with van der Waals surface area (Å²) in [7, 11) is 0. The normalized spacial score (nSPS) is 10.2. The van der Waals surface area contributed by atoms with Crippen LogP contribution < -0.4 is 10.6 Å². The number of aromatic amines is 1. The first kappa shape index (κ1) is 13.5. The molecule has 0 saturated heterocycles. The fraction of sp³-hybridized carbons (Fsp3) is 0.286. The molecule has 3 N–H and O–H groups in total. The molecule has 1 aromatic carbocycles. The van der Waals surface area contributed by atoms with Crippen molar-refractivity contribution in [2.75, 3.05) is 11.9 Å². The first-order chi connectivity index (χ1) is 9.13. The minimum Gasteiger partial charge on any atom is -0.362 e. The van der Waals surface area contributed by atoms with E-state index in [1.807, 2.05) is 6.20 Å². The van der Waals surface area contributed by atoms with E-state index in [9.17, 15) is 0 Å². The Bertz CT molecular complexity index is 528. The van der Waals surface area contributed by atoms with Gasteiger partial charge in [0, 0.05) is 30.5 Å². The molecule has 100 valence electrons. The van der Waals surface area contributed by atoms with Gasteiger partial charge in [-0.3, -0.25) is 0 Å². The van der Waals surface area contributed by atoms with Crippen molar-refractivity contribution in [1.82, 2.24) is 15.3 Å². The molecule has 0 atom stereocenters. The summed E-state index contributed by atoms with van der Waals surface area (Å²) in [5.41, 5.74) is 4.57. The van der Waals surface area contributed by atoms with E-state index in [1.54, 1.807) is 6.33 Å². The van der Waals surface area contributed by atoms with Crippen LogP contribution in [-0.4, -0.2) is 21.6 Å². The smallest absolute Gasteiger partial charge is 0.170 e. The van der Waals surface area contributed by atoms with Gasteiger partial charge in [-0.1, -0.05) is 6.07 Å². The highest BCUT2D eigenvalue weighted by atomic mass is 32.1. The molecule has 0 amide bonds. The number of hydrogen-bond donors (Lipinski definition) is 3. The van der Waals surface area contributed by atoms with Gasteiger partial charge in [0.1, 0.15) is 0 Å². The number of H-pyrrole nitrogens is 1. The number of hydrogen-bond acceptors (Lipinski definition) is 2. The number of aryl methyl sites for hydroxylation is 2. The summed E-state index contributed by atoms with van der Waals surface area (Å²) in [5, 5.41) is 7.02. The predicted molar refractivity (Wildman–Crippen MR) is 82.4 cm³/mol. The average Bonchev–Trinajstić information content (AvgIpc) is 2.80. The molecule has 19 heavy (non-hydrogen) atoms. The van der Waals surface area contributed by atoms with Gasteiger partial charge >= 0.3 is 0 Å². The Labute approximate surface area is 118 Å². The Kier molecular flexibility index (Phi) is 4.52. The van der Waals surface area contributed by atoms with Crippen LogP contribution in [0.4, 0.5) is 5.69 Å². The summed E-state index contributed by atoms with van der Waals surface area (Å²) in [6.07, 6.45) is 4.37. The number of benzene rings is 1. The van der Waals surface area contributed by atoms with Crippen molar-refractivity contribution in [3.63, 3.8) is 0 Å². The second-order valence-electron chi connectivity index (χ2n) is 4.58. The third-order valence-corrected chi connectivity index (χ3v) is 2.96. The maximum absolute atomic E-state index is 5.27. The molecule has 4 nitrogen and oxygen atoms in total. The SMILES string of the molecule is Cc1cc(C)cc(NC(=S)NCCc2cnc[nH]2)c1. The number of nitrogens with zero attached hydrogens (tertiary/aromatic N) is 1. The van der Waals surface area contributed by atoms with Crippen molar-refractivity contribution in [1.29, 1.82) is 0 Å². The average molecular weight is 274 g/mol. The molecular formula is C14H18N4S. The van der Waals surface area contributed by atoms with Gasteiger partial charge in [0.05, 0.1) is 6.33 Å². The lowest BCUT2D eigenvalue weighted by molar-refractivity contribution is 0.854. The predicted octanol–water partition coefficient (Wildman–Crippen LogP) is 2.56. The van der Waals surface area contributed by atoms with Crippen LogP contribution in [0.15, 0.2) is 30.7 Å². The number of nitrogens with one attached hydrogen (secondary N) is 3. The number of thiocarbonyl (C=S) groups is 1. The quantitative estimate of drug-likeness (QED) is 0.750. The third-order valence-electron chi connectivity index (χ3n) is 2.71. The lowest BCUT2D eigenvalue weighted by Gasteiger charge is -2.11. The van der Waals surface area contributed by atoms with Crippen molar-refractivity contribution in [2.24, 2.45) is 0 Å². The van der Waals surface area contributed by atoms with Crippen LogP contribution in [0.2, 0.25) is 0 Å². The number of anilines is 1. The van der Waals surface area contributed by atoms with Crippen molar-refractivity contribution in [3.8, 4) is 0 Å². The number of rotatable bonds is 4. The fourth-order valence-corrected chi connectivity index (χ4v) is 2.17. The highest BCUT2D eigenvalue weighted by molar-refractivity contribution is 7.80. The van der Waals surface area contributed by atoms with E-state index in [0.717, 1.165) is 24.3 Å². The van der Waals surface area contributed by atoms with Crippen LogP contribution in [0.5, 0.6) is 0 Å². The molecule has 2 aromatic rings. The maximum Gasteiger partial charge on any atom is 0.170 e. The Hall–Kier alpha value is -1.88. The molecular weight excluding hydrogens is 256 g/mol. The van der Waals surface area contributed by atoms with E-state index >= 15 is 0 Å². The van der Waals surface area contributed by atoms with E-state index in [-0.39, 0.29) is 0 Å². The molecule has 0 bridgehead atoms. The zero-order valence-corrected chi connectivity index (χ0v) is 12.0. The highest BCUT2D eigenvalue weighted by Gasteiger charge is 2.00. The van der Waals surface area contributed by atoms with Crippen molar-refractivity contribution in [3.05, 3.63) is 47.5 Å². The van der Waals surface area contributed by atoms with Crippen LogP contribution in [0, 0.1) is 13.8 Å². The summed E-state index contributed by atoms with van der Waals surface area (Å²) in [5.74, 6) is 0. The molecule has 0 aliphatic carbocycles. The Morgan fingerprint density at radius 3 is 2.63 bits per heavy atom. The Balaban J connectivity index is 1.80. The van der Waals surface area contributed by atoms with Gasteiger partial charge in [-0.15, -0.1) is 0 Å². The van der Waals surface area contributed by atoms with Crippen LogP contribution in [-0.2, 0) is 6.42 Å². The zero-order chi connectivity index (χ0) is 13.7. The molecule has 0 unspecified atom stereocenters. The molecule has 0 spiro atoms. The molecule has 1 aromatic heterocycles. The van der Waals surface area contributed by atoms with Gasteiger partial charge in [-0.2, -0.15) is 0 Å². The molecule has 0 fully saturated rings. The van der Waals surface area contributed by atoms with Crippen LogP contribution in [0.3, 0.4) is 0 Å². The second-order valence-corrected chi connectivity index (χ2v) is 4.99. The standard InChI is InChI=1S/C14H18N4S/c1-10-5-11(2)7-13(6-10)18-14(19)16-4-3-12-8-15-9-17-12/h5-9H,3-4H2,1-2H3,(H,15,17)(H2,16,18,19). The van der Waals surface area contributed by atoms with Crippen molar-refractivity contribution in [2.45, 2.75) is 20.3 Å². The maximum atomic E-state index is 5.27. The molecule has 5 heteroatoms. The number of imidazole rings is 1. The second kappa shape index (κ2) is 6.33. The van der Waals surface area contributed by atoms with Gasteiger partial charge in [0.25, 0.3) is 0 Å². The Morgan fingerprint density at radius 1 is 1.26 bits per heavy atom. The van der Waals surface area contributed by atoms with Crippen LogP contribution in [0.1, 0.15) is 16.8 Å². The monoisotopic (exact) mass is 274 g/mol. The summed E-state index contributed by atoms with van der Waals surface area (Å²) in [4.78, 5) is 7.04. The van der Waals surface area contributed by atoms with Crippen molar-refractivity contribution < 1.29 is 0 Å². The van der Waals surface area contributed by atoms with E-state index in [2.05, 4.69) is 52.6 Å². The molecule has 2 rings (SSSR count). The molecule has 0 radical (unpaired) electrons. The van der Waals surface area contributed by atoms with Gasteiger partial charge in [-0.25, -0.2) is 4.98 Å². The largest absolute Gasteiger partial charge is 0.362 e. The van der Waals surface area contributed by atoms with Crippen LogP contribution >= 0.6 is 12.2 Å². The molecule has 1 heterocycles. The first-order valence-corrected chi connectivity index (χ1v) is 6.65. The lowest BCUT2D eigenvalue weighted by Crippen LogP contribution is -2.30. The lowest BCUT2D eigenvalue weighted by atomic mass is 10.1. The summed E-state index contributed by atoms with van der Waals surface area (Å²) in [6.45, 7) is 4.93. The highest BCUT2D eigenvalue weighted by Crippen LogP contribution is 2.13. The van der Waals surface area contributed by atoms with Gasteiger partial charge < -0.3 is 15.6 Å². The minimum atomic E-state index is 0.643. The van der Waals surface area contributed by atoms with E-state index in [1.165, 1.54) is 11.1 Å². The molecule has 0 aliphatic heterocycles. The minimum absolute atomic E-state index is 0.643. The number of aromatic nitrogens is 2. The van der Waals surface area contributed by atoms with Crippen molar-refractivity contribution >= 4 is 23.0 Å². The first-order valence-electron chi connectivity index (χ1n) is 6.24. The molecule has 0 aliphatic rings. The van der Waals surface area contributed by atoms with E-state index < -0.39 is 0 Å². The van der Waals surface area contributed by atoms with E-state index in [0.29, 0.717) is 5.11 Å². The summed E-state index contributed by atoms with van der Waals surface area (Å²) >= 11 is 5.27. The third kappa shape index (κ3) is 4.37. The van der Waals surface area contributed by atoms with E-state index in [4.69, 9.17) is 12.2 Å². The zero-order valence-electron chi connectivity index (χ0n) is 11.2. The molecule has 0 saturated carbocycles. The van der Waals surface area contributed by atoms with Gasteiger partial charge in [0.2, 0.25) is 0 Å². The summed E-state index contributed by atoms with van der Waals surface area (Å²) < 4.78 is 0. The summed E-state index contributed by atoms with van der Waals surface area (Å²) in [6, 6.07) is 6.30. The fourth-order valence-electron chi connectivity index (χ4n) is 1.95.